The van der Waals surface area contributed by atoms with Crippen molar-refractivity contribution >= 4 is 11.8 Å². The first-order valence-corrected chi connectivity index (χ1v) is 7.84. The van der Waals surface area contributed by atoms with Gasteiger partial charge in [0.05, 0.1) is 6.10 Å². The highest BCUT2D eigenvalue weighted by molar-refractivity contribution is 5.68. The van der Waals surface area contributed by atoms with Gasteiger partial charge in [-0.1, -0.05) is 18.2 Å². The van der Waals surface area contributed by atoms with Crippen LogP contribution in [0.2, 0.25) is 0 Å². The van der Waals surface area contributed by atoms with Gasteiger partial charge in [-0.3, -0.25) is 0 Å². The monoisotopic (exact) mass is 306 g/mol. The second-order valence-electron chi connectivity index (χ2n) is 6.53. The molecule has 1 saturated heterocycles. The van der Waals surface area contributed by atoms with Gasteiger partial charge in [0.25, 0.3) is 0 Å². The normalized spacial score (nSPS) is 18.0. The lowest BCUT2D eigenvalue weighted by Crippen LogP contribution is -2.32. The molecule has 1 amide bonds. The van der Waals surface area contributed by atoms with Crippen molar-refractivity contribution in [3.05, 3.63) is 29.8 Å². The van der Waals surface area contributed by atoms with Gasteiger partial charge in [0.15, 0.2) is 0 Å². The average Bonchev–Trinajstić information content (AvgIpc) is 2.95. The quantitative estimate of drug-likeness (QED) is 0.876. The van der Waals surface area contributed by atoms with E-state index in [9.17, 15) is 4.79 Å². The number of rotatable bonds is 5. The van der Waals surface area contributed by atoms with Crippen LogP contribution in [-0.4, -0.2) is 30.9 Å². The number of carbonyl (C=O) groups is 1. The number of nitrogens with one attached hydrogen (secondary N) is 2. The Morgan fingerprint density at radius 3 is 2.82 bits per heavy atom. The van der Waals surface area contributed by atoms with E-state index in [1.165, 1.54) is 0 Å². The standard InChI is InChI=1S/C17H26N2O3/c1-17(2,3)22-16(20)19-11-13-7-4-5-9-15(13)18-12-14-8-6-10-21-14/h4-5,7,9,14,18H,6,8,10-12H2,1-3H3,(H,19,20). The Balaban J connectivity index is 1.86. The minimum absolute atomic E-state index is 0.284. The Bertz CT molecular complexity index is 491. The Morgan fingerprint density at radius 2 is 2.14 bits per heavy atom. The summed E-state index contributed by atoms with van der Waals surface area (Å²) >= 11 is 0. The molecule has 5 heteroatoms. The van der Waals surface area contributed by atoms with Gasteiger partial charge >= 0.3 is 6.09 Å². The first kappa shape index (κ1) is 16.6. The number of hydrogen-bond acceptors (Lipinski definition) is 4. The number of anilines is 1. The molecule has 0 spiro atoms. The van der Waals surface area contributed by atoms with Crippen LogP contribution in [0.4, 0.5) is 10.5 Å². The van der Waals surface area contributed by atoms with Crippen LogP contribution in [0, 0.1) is 0 Å². The maximum atomic E-state index is 11.7. The highest BCUT2D eigenvalue weighted by Crippen LogP contribution is 2.18. The van der Waals surface area contributed by atoms with Crippen LogP contribution in [0.5, 0.6) is 0 Å². The van der Waals surface area contributed by atoms with E-state index in [0.29, 0.717) is 6.54 Å². The summed E-state index contributed by atoms with van der Waals surface area (Å²) in [6, 6.07) is 7.95. The second-order valence-corrected chi connectivity index (χ2v) is 6.53. The van der Waals surface area contributed by atoms with Gasteiger partial charge in [-0.05, 0) is 45.2 Å². The fourth-order valence-corrected chi connectivity index (χ4v) is 2.36. The van der Waals surface area contributed by atoms with Gasteiger partial charge in [-0.2, -0.15) is 0 Å². The average molecular weight is 306 g/mol. The molecule has 0 aromatic heterocycles. The molecule has 0 bridgehead atoms. The highest BCUT2D eigenvalue weighted by Gasteiger charge is 2.17. The minimum atomic E-state index is -0.484. The molecule has 22 heavy (non-hydrogen) atoms. The SMILES string of the molecule is CC(C)(C)OC(=O)NCc1ccccc1NCC1CCCO1. The van der Waals surface area contributed by atoms with Crippen molar-refractivity contribution in [3.8, 4) is 0 Å². The van der Waals surface area contributed by atoms with E-state index in [4.69, 9.17) is 9.47 Å². The molecular weight excluding hydrogens is 280 g/mol. The van der Waals surface area contributed by atoms with Crippen molar-refractivity contribution in [2.75, 3.05) is 18.5 Å². The zero-order valence-corrected chi connectivity index (χ0v) is 13.6. The molecule has 1 unspecified atom stereocenters. The van der Waals surface area contributed by atoms with Crippen molar-refractivity contribution in [1.29, 1.82) is 0 Å². The van der Waals surface area contributed by atoms with Crippen LogP contribution >= 0.6 is 0 Å². The molecule has 1 heterocycles. The van der Waals surface area contributed by atoms with Crippen LogP contribution in [0.3, 0.4) is 0 Å². The first-order valence-electron chi connectivity index (χ1n) is 7.84. The number of hydrogen-bond donors (Lipinski definition) is 2. The summed E-state index contributed by atoms with van der Waals surface area (Å²) in [7, 11) is 0. The van der Waals surface area contributed by atoms with Gasteiger partial charge < -0.3 is 20.1 Å². The van der Waals surface area contributed by atoms with Crippen molar-refractivity contribution < 1.29 is 14.3 Å². The van der Waals surface area contributed by atoms with Crippen molar-refractivity contribution in [2.24, 2.45) is 0 Å². The zero-order chi connectivity index (χ0) is 16.0. The van der Waals surface area contributed by atoms with E-state index in [0.717, 1.165) is 37.2 Å². The van der Waals surface area contributed by atoms with E-state index in [1.54, 1.807) is 0 Å². The molecule has 2 N–H and O–H groups in total. The molecule has 5 nitrogen and oxygen atoms in total. The van der Waals surface area contributed by atoms with Crippen molar-refractivity contribution in [3.63, 3.8) is 0 Å². The summed E-state index contributed by atoms with van der Waals surface area (Å²) in [5.41, 5.74) is 1.57. The number of carbonyl (C=O) groups excluding carboxylic acids is 1. The number of ether oxygens (including phenoxy) is 2. The fraction of sp³-hybridized carbons (Fsp3) is 0.588. The predicted molar refractivity (Wildman–Crippen MR) is 87.0 cm³/mol. The van der Waals surface area contributed by atoms with Gasteiger partial charge in [0, 0.05) is 25.4 Å². The van der Waals surface area contributed by atoms with Crippen LogP contribution < -0.4 is 10.6 Å². The maximum Gasteiger partial charge on any atom is 0.407 e. The minimum Gasteiger partial charge on any atom is -0.444 e. The number of benzene rings is 1. The Hall–Kier alpha value is -1.75. The lowest BCUT2D eigenvalue weighted by Gasteiger charge is -2.20. The third-order valence-electron chi connectivity index (χ3n) is 3.38. The van der Waals surface area contributed by atoms with E-state index in [2.05, 4.69) is 10.6 Å². The molecule has 0 saturated carbocycles. The van der Waals surface area contributed by atoms with Crippen LogP contribution in [0.25, 0.3) is 0 Å². The third-order valence-corrected chi connectivity index (χ3v) is 3.38. The second kappa shape index (κ2) is 7.49. The fourth-order valence-electron chi connectivity index (χ4n) is 2.36. The molecule has 2 rings (SSSR count). The number of para-hydroxylation sites is 1. The molecule has 0 aliphatic carbocycles. The van der Waals surface area contributed by atoms with Crippen LogP contribution in [0.15, 0.2) is 24.3 Å². The first-order chi connectivity index (χ1) is 10.4. The maximum absolute atomic E-state index is 11.7. The predicted octanol–water partition coefficient (Wildman–Crippen LogP) is 3.30. The van der Waals surface area contributed by atoms with Gasteiger partial charge in [0.2, 0.25) is 0 Å². The molecule has 1 aliphatic rings. The van der Waals surface area contributed by atoms with Crippen LogP contribution in [0.1, 0.15) is 39.2 Å². The number of alkyl carbamates (subject to hydrolysis) is 1. The van der Waals surface area contributed by atoms with Gasteiger partial charge in [0.1, 0.15) is 5.60 Å². The summed E-state index contributed by atoms with van der Waals surface area (Å²) in [5.74, 6) is 0. The smallest absolute Gasteiger partial charge is 0.407 e. The molecule has 1 aromatic carbocycles. The molecule has 0 radical (unpaired) electrons. The molecule has 122 valence electrons. The summed E-state index contributed by atoms with van der Waals surface area (Å²) in [6.45, 7) is 7.64. The zero-order valence-electron chi connectivity index (χ0n) is 13.6. The Morgan fingerprint density at radius 1 is 1.36 bits per heavy atom. The number of amides is 1. The summed E-state index contributed by atoms with van der Waals surface area (Å²) in [4.78, 5) is 11.7. The molecular formula is C17H26N2O3. The molecule has 1 aromatic rings. The molecule has 1 aliphatic heterocycles. The van der Waals surface area contributed by atoms with Gasteiger partial charge in [-0.15, -0.1) is 0 Å². The summed E-state index contributed by atoms with van der Waals surface area (Å²) in [5, 5.41) is 6.20. The topological polar surface area (TPSA) is 59.6 Å². The highest BCUT2D eigenvalue weighted by atomic mass is 16.6. The van der Waals surface area contributed by atoms with E-state index < -0.39 is 11.7 Å². The summed E-state index contributed by atoms with van der Waals surface area (Å²) in [6.07, 6.45) is 2.12. The van der Waals surface area contributed by atoms with Crippen molar-refractivity contribution in [2.45, 2.75) is 51.9 Å². The van der Waals surface area contributed by atoms with Gasteiger partial charge in [-0.25, -0.2) is 4.79 Å². The van der Waals surface area contributed by atoms with Crippen molar-refractivity contribution in [1.82, 2.24) is 5.32 Å². The van der Waals surface area contributed by atoms with E-state index >= 15 is 0 Å². The third kappa shape index (κ3) is 5.56. The molecule has 1 fully saturated rings. The van der Waals surface area contributed by atoms with Crippen LogP contribution in [-0.2, 0) is 16.0 Å². The van der Waals surface area contributed by atoms with E-state index in [1.807, 2.05) is 45.0 Å². The molecule has 1 atom stereocenters. The lowest BCUT2D eigenvalue weighted by atomic mass is 10.1. The summed E-state index contributed by atoms with van der Waals surface area (Å²) < 4.78 is 10.9. The Labute approximate surface area is 132 Å². The lowest BCUT2D eigenvalue weighted by molar-refractivity contribution is 0.0523. The van der Waals surface area contributed by atoms with E-state index in [-0.39, 0.29) is 6.10 Å². The largest absolute Gasteiger partial charge is 0.444 e. The Kier molecular flexibility index (Phi) is 5.66.